The van der Waals surface area contributed by atoms with Crippen molar-refractivity contribution in [1.29, 1.82) is 5.26 Å². The van der Waals surface area contributed by atoms with Gasteiger partial charge < -0.3 is 10.6 Å². The van der Waals surface area contributed by atoms with Gasteiger partial charge in [-0.25, -0.2) is 0 Å². The molecule has 0 bridgehead atoms. The molecule has 0 atom stereocenters. The summed E-state index contributed by atoms with van der Waals surface area (Å²) in [6.45, 7) is 1.17. The van der Waals surface area contributed by atoms with E-state index in [2.05, 4.69) is 12.1 Å². The molecule has 1 aromatic carbocycles. The molecule has 4 heteroatoms. The van der Waals surface area contributed by atoms with Crippen LogP contribution in [0.2, 0.25) is 0 Å². The van der Waals surface area contributed by atoms with E-state index in [1.54, 1.807) is 0 Å². The molecule has 2 aliphatic rings. The van der Waals surface area contributed by atoms with Crippen molar-refractivity contribution in [3.05, 3.63) is 29.3 Å². The van der Waals surface area contributed by atoms with Crippen LogP contribution in [0.15, 0.2) is 18.2 Å². The van der Waals surface area contributed by atoms with E-state index in [4.69, 9.17) is 5.73 Å². The van der Waals surface area contributed by atoms with Gasteiger partial charge in [-0.3, -0.25) is 4.79 Å². The lowest BCUT2D eigenvalue weighted by atomic mass is 9.69. The molecule has 0 radical (unpaired) electrons. The van der Waals surface area contributed by atoms with E-state index in [1.807, 2.05) is 17.0 Å². The standard InChI is InChI=1S/C16H19N3O/c17-7-4-12-2-3-14-13(8-12)9-15(20)19(14)11-16(10-18)5-1-6-16/h2-3,8H,1,4-7,9,11,17H2. The third kappa shape index (κ3) is 2.08. The fourth-order valence-electron chi connectivity index (χ4n) is 3.14. The summed E-state index contributed by atoms with van der Waals surface area (Å²) in [4.78, 5) is 14.0. The van der Waals surface area contributed by atoms with Crippen molar-refractivity contribution in [3.8, 4) is 6.07 Å². The molecule has 20 heavy (non-hydrogen) atoms. The molecule has 0 saturated heterocycles. The Morgan fingerprint density at radius 1 is 1.40 bits per heavy atom. The van der Waals surface area contributed by atoms with Crippen LogP contribution >= 0.6 is 0 Å². The van der Waals surface area contributed by atoms with Gasteiger partial charge in [-0.15, -0.1) is 0 Å². The monoisotopic (exact) mass is 269 g/mol. The average molecular weight is 269 g/mol. The molecule has 3 rings (SSSR count). The van der Waals surface area contributed by atoms with Crippen LogP contribution in [-0.4, -0.2) is 19.0 Å². The molecule has 0 unspecified atom stereocenters. The van der Waals surface area contributed by atoms with Crippen LogP contribution in [0.25, 0.3) is 0 Å². The smallest absolute Gasteiger partial charge is 0.231 e. The molecular formula is C16H19N3O. The third-order valence-electron chi connectivity index (χ3n) is 4.52. The summed E-state index contributed by atoms with van der Waals surface area (Å²) >= 11 is 0. The van der Waals surface area contributed by atoms with E-state index in [-0.39, 0.29) is 11.3 Å². The second-order valence-corrected chi connectivity index (χ2v) is 5.90. The molecule has 1 saturated carbocycles. The zero-order valence-electron chi connectivity index (χ0n) is 11.6. The normalized spacial score (nSPS) is 19.4. The average Bonchev–Trinajstić information content (AvgIpc) is 2.69. The Hall–Kier alpha value is -1.86. The fraction of sp³-hybridized carbons (Fsp3) is 0.500. The number of rotatable bonds is 4. The number of hydrogen-bond acceptors (Lipinski definition) is 3. The highest BCUT2D eigenvalue weighted by Crippen LogP contribution is 2.43. The Balaban J connectivity index is 1.85. The lowest BCUT2D eigenvalue weighted by Crippen LogP contribution is -2.42. The van der Waals surface area contributed by atoms with Gasteiger partial charge >= 0.3 is 0 Å². The van der Waals surface area contributed by atoms with Crippen LogP contribution in [0.4, 0.5) is 5.69 Å². The first kappa shape index (κ1) is 13.1. The quantitative estimate of drug-likeness (QED) is 0.905. The summed E-state index contributed by atoms with van der Waals surface area (Å²) in [7, 11) is 0. The SMILES string of the molecule is N#CC1(CN2C(=O)Cc3cc(CCN)ccc32)CCC1. The van der Waals surface area contributed by atoms with E-state index in [0.717, 1.165) is 36.9 Å². The third-order valence-corrected chi connectivity index (χ3v) is 4.52. The van der Waals surface area contributed by atoms with Crippen molar-refractivity contribution in [1.82, 2.24) is 0 Å². The molecule has 1 aromatic rings. The molecule has 1 amide bonds. The predicted molar refractivity (Wildman–Crippen MR) is 77.2 cm³/mol. The zero-order chi connectivity index (χ0) is 14.2. The summed E-state index contributed by atoms with van der Waals surface area (Å²) in [5.74, 6) is 0.117. The van der Waals surface area contributed by atoms with E-state index >= 15 is 0 Å². The number of carbonyl (C=O) groups excluding carboxylic acids is 1. The van der Waals surface area contributed by atoms with Gasteiger partial charge in [0.2, 0.25) is 5.91 Å². The van der Waals surface area contributed by atoms with Gasteiger partial charge in [-0.2, -0.15) is 5.26 Å². The summed E-state index contributed by atoms with van der Waals surface area (Å²) in [6.07, 6.45) is 4.21. The van der Waals surface area contributed by atoms with Gasteiger partial charge in [0.05, 0.1) is 17.9 Å². The fourth-order valence-corrected chi connectivity index (χ4v) is 3.14. The largest absolute Gasteiger partial charge is 0.330 e. The number of nitrogens with two attached hydrogens (primary N) is 1. The summed E-state index contributed by atoms with van der Waals surface area (Å²) < 4.78 is 0. The van der Waals surface area contributed by atoms with Crippen LogP contribution < -0.4 is 10.6 Å². The minimum atomic E-state index is -0.312. The highest BCUT2D eigenvalue weighted by molar-refractivity contribution is 6.01. The van der Waals surface area contributed by atoms with Crippen LogP contribution in [0, 0.1) is 16.7 Å². The van der Waals surface area contributed by atoms with Gasteiger partial charge in [0, 0.05) is 12.2 Å². The van der Waals surface area contributed by atoms with Crippen LogP contribution in [0.3, 0.4) is 0 Å². The molecule has 2 N–H and O–H groups in total. The molecule has 0 aromatic heterocycles. The van der Waals surface area contributed by atoms with Crippen LogP contribution in [-0.2, 0) is 17.6 Å². The van der Waals surface area contributed by atoms with E-state index < -0.39 is 0 Å². The van der Waals surface area contributed by atoms with Gasteiger partial charge in [0.15, 0.2) is 0 Å². The second kappa shape index (κ2) is 4.92. The van der Waals surface area contributed by atoms with E-state index in [0.29, 0.717) is 19.5 Å². The Labute approximate surface area is 119 Å². The van der Waals surface area contributed by atoms with Crippen molar-refractivity contribution in [3.63, 3.8) is 0 Å². The van der Waals surface area contributed by atoms with Crippen molar-refractivity contribution >= 4 is 11.6 Å². The number of benzene rings is 1. The molecule has 1 heterocycles. The van der Waals surface area contributed by atoms with Crippen LogP contribution in [0.5, 0.6) is 0 Å². The van der Waals surface area contributed by atoms with Crippen molar-refractivity contribution in [2.75, 3.05) is 18.0 Å². The van der Waals surface area contributed by atoms with E-state index in [9.17, 15) is 10.1 Å². The molecule has 1 aliphatic carbocycles. The van der Waals surface area contributed by atoms with Gasteiger partial charge in [-0.1, -0.05) is 18.6 Å². The summed E-state index contributed by atoms with van der Waals surface area (Å²) in [5, 5.41) is 9.34. The number of fused-ring (bicyclic) bond motifs is 1. The van der Waals surface area contributed by atoms with Crippen molar-refractivity contribution in [2.45, 2.75) is 32.1 Å². The minimum absolute atomic E-state index is 0.117. The van der Waals surface area contributed by atoms with E-state index in [1.165, 1.54) is 5.56 Å². The highest BCUT2D eigenvalue weighted by Gasteiger charge is 2.42. The maximum absolute atomic E-state index is 12.2. The molecule has 0 spiro atoms. The lowest BCUT2D eigenvalue weighted by molar-refractivity contribution is -0.117. The van der Waals surface area contributed by atoms with Gasteiger partial charge in [0.1, 0.15) is 0 Å². The predicted octanol–water partition coefficient (Wildman–Crippen LogP) is 1.77. The number of nitrogens with zero attached hydrogens (tertiary/aromatic N) is 2. The summed E-state index contributed by atoms with van der Waals surface area (Å²) in [6, 6.07) is 8.55. The molecule has 104 valence electrons. The Kier molecular flexibility index (Phi) is 3.23. The topological polar surface area (TPSA) is 70.1 Å². The first-order valence-electron chi connectivity index (χ1n) is 7.21. The number of hydrogen-bond donors (Lipinski definition) is 1. The first-order valence-corrected chi connectivity index (χ1v) is 7.21. The summed E-state index contributed by atoms with van der Waals surface area (Å²) in [5.41, 5.74) is 8.50. The van der Waals surface area contributed by atoms with Crippen molar-refractivity contribution in [2.24, 2.45) is 11.1 Å². The van der Waals surface area contributed by atoms with Crippen molar-refractivity contribution < 1.29 is 4.79 Å². The first-order chi connectivity index (χ1) is 9.67. The highest BCUT2D eigenvalue weighted by atomic mass is 16.2. The lowest BCUT2D eigenvalue weighted by Gasteiger charge is -2.38. The van der Waals surface area contributed by atoms with Gasteiger partial charge in [-0.05, 0) is 43.0 Å². The number of nitriles is 1. The van der Waals surface area contributed by atoms with Crippen LogP contribution in [0.1, 0.15) is 30.4 Å². The minimum Gasteiger partial charge on any atom is -0.330 e. The molecule has 4 nitrogen and oxygen atoms in total. The Bertz CT molecular complexity index is 584. The molecule has 1 aliphatic heterocycles. The number of anilines is 1. The zero-order valence-corrected chi connectivity index (χ0v) is 11.6. The second-order valence-electron chi connectivity index (χ2n) is 5.90. The maximum atomic E-state index is 12.2. The van der Waals surface area contributed by atoms with Gasteiger partial charge in [0.25, 0.3) is 0 Å². The number of amides is 1. The Morgan fingerprint density at radius 3 is 2.80 bits per heavy atom. The Morgan fingerprint density at radius 2 is 2.20 bits per heavy atom. The molecular weight excluding hydrogens is 250 g/mol. The maximum Gasteiger partial charge on any atom is 0.231 e. The number of carbonyl (C=O) groups is 1. The molecule has 1 fully saturated rings.